The van der Waals surface area contributed by atoms with Crippen molar-refractivity contribution < 1.29 is 4.79 Å². The van der Waals surface area contributed by atoms with Crippen LogP contribution in [0.3, 0.4) is 0 Å². The second-order valence-corrected chi connectivity index (χ2v) is 7.35. The fourth-order valence-electron chi connectivity index (χ4n) is 3.72. The second-order valence-electron chi connectivity index (χ2n) is 7.35. The Bertz CT molecular complexity index is 910. The van der Waals surface area contributed by atoms with E-state index in [1.807, 2.05) is 54.2 Å². The number of amides is 1. The number of carbonyl (C=O) groups excluding carboxylic acids is 1. The zero-order valence-corrected chi connectivity index (χ0v) is 16.1. The summed E-state index contributed by atoms with van der Waals surface area (Å²) in [6, 6.07) is 14.0. The number of piperidine rings is 1. The summed E-state index contributed by atoms with van der Waals surface area (Å²) in [5, 5.41) is 15.2. The van der Waals surface area contributed by atoms with Gasteiger partial charge in [-0.1, -0.05) is 30.3 Å². The number of aromatic amines is 1. The van der Waals surface area contributed by atoms with Gasteiger partial charge in [-0.15, -0.1) is 0 Å². The van der Waals surface area contributed by atoms with Crippen molar-refractivity contribution in [2.75, 3.05) is 20.1 Å². The minimum atomic E-state index is 0.0320. The number of aromatic nitrogens is 4. The predicted molar refractivity (Wildman–Crippen MR) is 108 cm³/mol. The first kappa shape index (κ1) is 18.4. The lowest BCUT2D eigenvalue weighted by atomic mass is 9.96. The van der Waals surface area contributed by atoms with Crippen molar-refractivity contribution in [1.82, 2.24) is 30.2 Å². The molecular formula is C21H26N6O. The van der Waals surface area contributed by atoms with E-state index in [9.17, 15) is 4.79 Å². The van der Waals surface area contributed by atoms with Gasteiger partial charge in [0.1, 0.15) is 6.54 Å². The van der Waals surface area contributed by atoms with Gasteiger partial charge in [0.05, 0.1) is 17.9 Å². The topological polar surface area (TPSA) is 78.8 Å². The molecule has 1 saturated heterocycles. The molecule has 2 aromatic heterocycles. The third-order valence-electron chi connectivity index (χ3n) is 5.28. The number of hydrogen-bond donors (Lipinski definition) is 2. The summed E-state index contributed by atoms with van der Waals surface area (Å²) in [5.74, 6) is 0.458. The van der Waals surface area contributed by atoms with Gasteiger partial charge in [-0.05, 0) is 31.5 Å². The number of nitrogens with one attached hydrogen (secondary N) is 2. The number of carbonyl (C=O) groups is 1. The SMILES string of the molecule is CN(Cc1cc(-c2ccccc2)n[nH]1)C(=O)Cn1nccc1[C@H]1CCCNC1. The van der Waals surface area contributed by atoms with Crippen molar-refractivity contribution in [1.29, 1.82) is 0 Å². The monoisotopic (exact) mass is 378 g/mol. The van der Waals surface area contributed by atoms with Gasteiger partial charge < -0.3 is 10.2 Å². The fourth-order valence-corrected chi connectivity index (χ4v) is 3.72. The molecule has 1 fully saturated rings. The van der Waals surface area contributed by atoms with Crippen molar-refractivity contribution in [3.8, 4) is 11.3 Å². The number of H-pyrrole nitrogens is 1. The Morgan fingerprint density at radius 1 is 1.29 bits per heavy atom. The largest absolute Gasteiger partial charge is 0.338 e. The molecule has 1 aliphatic rings. The number of likely N-dealkylation sites (N-methyl/N-ethyl adjacent to an activating group) is 1. The van der Waals surface area contributed by atoms with Crippen LogP contribution in [0.2, 0.25) is 0 Å². The Morgan fingerprint density at radius 3 is 2.93 bits per heavy atom. The van der Waals surface area contributed by atoms with Crippen LogP contribution in [-0.4, -0.2) is 50.9 Å². The standard InChI is InChI=1S/C21H26N6O/c1-26(14-18-12-19(25-24-18)16-6-3-2-4-7-16)21(28)15-27-20(9-11-23-27)17-8-5-10-22-13-17/h2-4,6-7,9,11-12,17,22H,5,8,10,13-15H2,1H3,(H,24,25)/t17-/m0/s1. The summed E-state index contributed by atoms with van der Waals surface area (Å²) in [7, 11) is 1.82. The van der Waals surface area contributed by atoms with Crippen LogP contribution in [0, 0.1) is 0 Å². The Balaban J connectivity index is 1.38. The molecule has 1 atom stereocenters. The minimum Gasteiger partial charge on any atom is -0.338 e. The second kappa shape index (κ2) is 8.39. The maximum atomic E-state index is 12.7. The first-order chi connectivity index (χ1) is 13.7. The molecule has 7 nitrogen and oxygen atoms in total. The van der Waals surface area contributed by atoms with Gasteiger partial charge in [-0.2, -0.15) is 10.2 Å². The number of benzene rings is 1. The van der Waals surface area contributed by atoms with E-state index >= 15 is 0 Å². The van der Waals surface area contributed by atoms with E-state index < -0.39 is 0 Å². The van der Waals surface area contributed by atoms with E-state index in [0.717, 1.165) is 48.6 Å². The predicted octanol–water partition coefficient (Wildman–Crippen LogP) is 2.40. The molecule has 1 amide bonds. The van der Waals surface area contributed by atoms with Gasteiger partial charge in [-0.25, -0.2) is 0 Å². The normalized spacial score (nSPS) is 16.8. The van der Waals surface area contributed by atoms with E-state index in [1.165, 1.54) is 0 Å². The van der Waals surface area contributed by atoms with E-state index in [4.69, 9.17) is 0 Å². The van der Waals surface area contributed by atoms with Crippen LogP contribution < -0.4 is 5.32 Å². The Labute approximate surface area is 164 Å². The first-order valence-electron chi connectivity index (χ1n) is 9.77. The quantitative estimate of drug-likeness (QED) is 0.690. The molecule has 0 bridgehead atoms. The van der Waals surface area contributed by atoms with Gasteiger partial charge in [0.25, 0.3) is 0 Å². The highest BCUT2D eigenvalue weighted by Crippen LogP contribution is 2.23. The van der Waals surface area contributed by atoms with E-state index in [1.54, 1.807) is 11.1 Å². The molecule has 146 valence electrons. The zero-order valence-electron chi connectivity index (χ0n) is 16.1. The van der Waals surface area contributed by atoms with E-state index in [0.29, 0.717) is 12.5 Å². The van der Waals surface area contributed by atoms with Crippen LogP contribution in [0.4, 0.5) is 0 Å². The molecule has 3 heterocycles. The molecule has 4 rings (SSSR count). The number of hydrogen-bond acceptors (Lipinski definition) is 4. The van der Waals surface area contributed by atoms with Crippen LogP contribution in [-0.2, 0) is 17.9 Å². The van der Waals surface area contributed by atoms with Crippen molar-refractivity contribution in [2.45, 2.75) is 31.8 Å². The molecule has 0 radical (unpaired) electrons. The van der Waals surface area contributed by atoms with Crippen LogP contribution in [0.15, 0.2) is 48.7 Å². The van der Waals surface area contributed by atoms with Crippen molar-refractivity contribution in [3.05, 3.63) is 60.0 Å². The lowest BCUT2D eigenvalue weighted by Crippen LogP contribution is -2.33. The molecule has 0 aliphatic carbocycles. The molecule has 2 N–H and O–H groups in total. The molecule has 28 heavy (non-hydrogen) atoms. The molecule has 1 aromatic carbocycles. The Morgan fingerprint density at radius 2 is 2.14 bits per heavy atom. The van der Waals surface area contributed by atoms with Crippen molar-refractivity contribution in [2.24, 2.45) is 0 Å². The lowest BCUT2D eigenvalue weighted by molar-refractivity contribution is -0.131. The van der Waals surface area contributed by atoms with Gasteiger partial charge in [0, 0.05) is 37.0 Å². The summed E-state index contributed by atoms with van der Waals surface area (Å²) in [6.45, 7) is 2.77. The van der Waals surface area contributed by atoms with E-state index in [2.05, 4.69) is 20.6 Å². The number of rotatable bonds is 6. The van der Waals surface area contributed by atoms with Gasteiger partial charge in [0.15, 0.2) is 0 Å². The van der Waals surface area contributed by atoms with Crippen molar-refractivity contribution in [3.63, 3.8) is 0 Å². The molecule has 3 aromatic rings. The molecule has 7 heteroatoms. The average molecular weight is 378 g/mol. The van der Waals surface area contributed by atoms with Crippen molar-refractivity contribution >= 4 is 5.91 Å². The van der Waals surface area contributed by atoms with E-state index in [-0.39, 0.29) is 12.5 Å². The molecule has 1 aliphatic heterocycles. The summed E-state index contributed by atoms with van der Waals surface area (Å²) >= 11 is 0. The highest BCUT2D eigenvalue weighted by molar-refractivity contribution is 5.75. The molecule has 0 unspecified atom stereocenters. The average Bonchev–Trinajstić information content (AvgIpc) is 3.39. The Hall–Kier alpha value is -2.93. The van der Waals surface area contributed by atoms with Crippen LogP contribution in [0.25, 0.3) is 11.3 Å². The van der Waals surface area contributed by atoms with Gasteiger partial charge >= 0.3 is 0 Å². The minimum absolute atomic E-state index is 0.0320. The third kappa shape index (κ3) is 4.14. The van der Waals surface area contributed by atoms with Gasteiger partial charge in [-0.3, -0.25) is 14.6 Å². The number of nitrogens with zero attached hydrogens (tertiary/aromatic N) is 4. The maximum absolute atomic E-state index is 12.7. The summed E-state index contributed by atoms with van der Waals surface area (Å²) < 4.78 is 1.85. The van der Waals surface area contributed by atoms with Gasteiger partial charge in [0.2, 0.25) is 5.91 Å². The van der Waals surface area contributed by atoms with Crippen LogP contribution in [0.1, 0.15) is 30.1 Å². The highest BCUT2D eigenvalue weighted by atomic mass is 16.2. The highest BCUT2D eigenvalue weighted by Gasteiger charge is 2.21. The fraction of sp³-hybridized carbons (Fsp3) is 0.381. The first-order valence-corrected chi connectivity index (χ1v) is 9.77. The molecular weight excluding hydrogens is 352 g/mol. The van der Waals surface area contributed by atoms with Crippen LogP contribution in [0.5, 0.6) is 0 Å². The summed E-state index contributed by atoms with van der Waals surface area (Å²) in [5.41, 5.74) is 3.99. The smallest absolute Gasteiger partial charge is 0.244 e. The third-order valence-corrected chi connectivity index (χ3v) is 5.28. The zero-order chi connectivity index (χ0) is 19.3. The summed E-state index contributed by atoms with van der Waals surface area (Å²) in [4.78, 5) is 14.5. The Kier molecular flexibility index (Phi) is 5.53. The molecule has 0 saturated carbocycles. The maximum Gasteiger partial charge on any atom is 0.244 e. The lowest BCUT2D eigenvalue weighted by Gasteiger charge is -2.24. The molecule has 0 spiro atoms. The van der Waals surface area contributed by atoms with Crippen LogP contribution >= 0.6 is 0 Å². The summed E-state index contributed by atoms with van der Waals surface area (Å²) in [6.07, 6.45) is 4.09.